The third-order valence-corrected chi connectivity index (χ3v) is 3.74. The molecule has 1 aromatic rings. The molecule has 0 aliphatic carbocycles. The summed E-state index contributed by atoms with van der Waals surface area (Å²) in [4.78, 5) is 12.4. The van der Waals surface area contributed by atoms with Crippen LogP contribution < -0.4 is 10.5 Å². The fourth-order valence-electron chi connectivity index (χ4n) is 2.76. The van der Waals surface area contributed by atoms with Gasteiger partial charge in [-0.05, 0) is 26.8 Å². The molecule has 1 aromatic carbocycles. The molecule has 26 heavy (non-hydrogen) atoms. The fraction of sp³-hybridized carbons (Fsp3) is 0.333. The van der Waals surface area contributed by atoms with Crippen LogP contribution in [0.1, 0.15) is 32.3 Å². The van der Waals surface area contributed by atoms with Crippen molar-refractivity contribution in [2.75, 3.05) is 13.2 Å². The molecule has 0 saturated carbocycles. The lowest BCUT2D eigenvalue weighted by molar-refractivity contribution is -0.139. The highest BCUT2D eigenvalue weighted by molar-refractivity contribution is 5.92. The van der Waals surface area contributed by atoms with E-state index >= 15 is 0 Å². The maximum Gasteiger partial charge on any atom is 0.338 e. The highest BCUT2D eigenvalue weighted by Crippen LogP contribution is 2.44. The Morgan fingerprint density at radius 1 is 1.35 bits per heavy atom. The van der Waals surface area contributed by atoms with E-state index in [-0.39, 0.29) is 47.3 Å². The van der Waals surface area contributed by atoms with Gasteiger partial charge in [-0.2, -0.15) is 5.26 Å². The fourth-order valence-corrected chi connectivity index (χ4v) is 2.76. The van der Waals surface area contributed by atoms with Crippen molar-refractivity contribution in [3.63, 3.8) is 0 Å². The number of allylic oxidation sites excluding steroid dienone is 2. The first-order valence-electron chi connectivity index (χ1n) is 7.92. The van der Waals surface area contributed by atoms with Gasteiger partial charge in [0, 0.05) is 11.6 Å². The Kier molecular flexibility index (Phi) is 5.82. The van der Waals surface area contributed by atoms with Crippen LogP contribution in [0.15, 0.2) is 34.9 Å². The van der Waals surface area contributed by atoms with Gasteiger partial charge in [-0.3, -0.25) is 0 Å². The topological polar surface area (TPSA) is 94.6 Å². The molecule has 1 unspecified atom stereocenters. The van der Waals surface area contributed by atoms with E-state index < -0.39 is 23.5 Å². The lowest BCUT2D eigenvalue weighted by Crippen LogP contribution is -2.26. The third-order valence-electron chi connectivity index (χ3n) is 3.74. The molecule has 1 aliphatic heterocycles. The average Bonchev–Trinajstić information content (AvgIpc) is 2.56. The summed E-state index contributed by atoms with van der Waals surface area (Å²) in [6.45, 7) is 4.85. The number of nitrogens with two attached hydrogens (primary N) is 1. The van der Waals surface area contributed by atoms with Gasteiger partial charge in [0.1, 0.15) is 23.2 Å². The average molecular weight is 364 g/mol. The molecule has 2 N–H and O–H groups in total. The smallest absolute Gasteiger partial charge is 0.338 e. The van der Waals surface area contributed by atoms with Crippen LogP contribution in [0.4, 0.5) is 8.78 Å². The van der Waals surface area contributed by atoms with Crippen LogP contribution in [-0.2, 0) is 14.3 Å². The number of hydrogen-bond acceptors (Lipinski definition) is 6. The second-order valence-corrected chi connectivity index (χ2v) is 5.35. The molecular weight excluding hydrogens is 346 g/mol. The lowest BCUT2D eigenvalue weighted by atomic mass is 9.82. The highest BCUT2D eigenvalue weighted by Gasteiger charge is 2.38. The van der Waals surface area contributed by atoms with E-state index in [1.807, 2.05) is 6.07 Å². The Labute approximate surface area is 149 Å². The molecule has 1 heterocycles. The van der Waals surface area contributed by atoms with Crippen molar-refractivity contribution in [3.8, 4) is 11.8 Å². The van der Waals surface area contributed by atoms with Crippen LogP contribution in [0.2, 0.25) is 0 Å². The maximum atomic E-state index is 14.3. The number of carbonyl (C=O) groups excluding carboxylic acids is 1. The van der Waals surface area contributed by atoms with Gasteiger partial charge in [-0.1, -0.05) is 0 Å². The molecule has 8 heteroatoms. The number of carbonyl (C=O) groups is 1. The van der Waals surface area contributed by atoms with E-state index in [2.05, 4.69) is 0 Å². The number of nitrogens with zero attached hydrogens (tertiary/aromatic N) is 1. The number of nitriles is 1. The zero-order chi connectivity index (χ0) is 19.4. The van der Waals surface area contributed by atoms with Gasteiger partial charge in [-0.25, -0.2) is 13.6 Å². The van der Waals surface area contributed by atoms with Crippen LogP contribution >= 0.6 is 0 Å². The number of esters is 1. The van der Waals surface area contributed by atoms with E-state index in [1.165, 1.54) is 6.92 Å². The van der Waals surface area contributed by atoms with Gasteiger partial charge >= 0.3 is 5.97 Å². The van der Waals surface area contributed by atoms with Crippen LogP contribution in [0.3, 0.4) is 0 Å². The van der Waals surface area contributed by atoms with Crippen molar-refractivity contribution in [1.29, 1.82) is 5.26 Å². The molecule has 0 bridgehead atoms. The zero-order valence-electron chi connectivity index (χ0n) is 14.6. The molecule has 0 aromatic heterocycles. The van der Waals surface area contributed by atoms with E-state index in [1.54, 1.807) is 13.8 Å². The van der Waals surface area contributed by atoms with E-state index in [0.29, 0.717) is 6.07 Å². The number of hydrogen-bond donors (Lipinski definition) is 1. The zero-order valence-corrected chi connectivity index (χ0v) is 14.6. The summed E-state index contributed by atoms with van der Waals surface area (Å²) in [6, 6.07) is 3.51. The standard InChI is InChI=1S/C18H18F2N2O4/c1-4-24-16-11(6-10(19)7-13(16)20)15-12(8-21)17(22)26-9(3)14(15)18(23)25-5-2/h6-7,15H,4-5,22H2,1-3H3. The largest absolute Gasteiger partial charge is 0.490 e. The van der Waals surface area contributed by atoms with Gasteiger partial charge < -0.3 is 19.9 Å². The normalized spacial score (nSPS) is 16.8. The van der Waals surface area contributed by atoms with Crippen molar-refractivity contribution < 1.29 is 27.8 Å². The van der Waals surface area contributed by atoms with E-state index in [0.717, 1.165) is 6.07 Å². The molecule has 138 valence electrons. The second-order valence-electron chi connectivity index (χ2n) is 5.35. The molecule has 0 saturated heterocycles. The van der Waals surface area contributed by atoms with E-state index in [9.17, 15) is 18.8 Å². The number of ether oxygens (including phenoxy) is 3. The summed E-state index contributed by atoms with van der Waals surface area (Å²) in [5.41, 5.74) is 5.49. The Bertz CT molecular complexity index is 840. The van der Waals surface area contributed by atoms with Crippen LogP contribution in [-0.4, -0.2) is 19.2 Å². The van der Waals surface area contributed by atoms with Gasteiger partial charge in [0.25, 0.3) is 0 Å². The Hall–Kier alpha value is -3.08. The Balaban J connectivity index is 2.78. The second kappa shape index (κ2) is 7.87. The van der Waals surface area contributed by atoms with Gasteiger partial charge in [0.2, 0.25) is 5.88 Å². The van der Waals surface area contributed by atoms with Crippen molar-refractivity contribution >= 4 is 5.97 Å². The molecule has 6 nitrogen and oxygen atoms in total. The molecule has 0 spiro atoms. The lowest BCUT2D eigenvalue weighted by Gasteiger charge is -2.28. The predicted octanol–water partition coefficient (Wildman–Crippen LogP) is 3.01. The van der Waals surface area contributed by atoms with Crippen molar-refractivity contribution in [1.82, 2.24) is 0 Å². The summed E-state index contributed by atoms with van der Waals surface area (Å²) >= 11 is 0. The molecule has 1 aliphatic rings. The van der Waals surface area contributed by atoms with Crippen molar-refractivity contribution in [2.45, 2.75) is 26.7 Å². The first-order chi connectivity index (χ1) is 12.3. The quantitative estimate of drug-likeness (QED) is 0.807. The van der Waals surface area contributed by atoms with Crippen LogP contribution in [0, 0.1) is 23.0 Å². The third kappa shape index (κ3) is 3.47. The van der Waals surface area contributed by atoms with Crippen LogP contribution in [0.5, 0.6) is 5.75 Å². The minimum absolute atomic E-state index is 0.0467. The predicted molar refractivity (Wildman–Crippen MR) is 87.5 cm³/mol. The minimum Gasteiger partial charge on any atom is -0.490 e. The first-order valence-corrected chi connectivity index (χ1v) is 7.92. The van der Waals surface area contributed by atoms with Gasteiger partial charge in [0.05, 0.1) is 24.7 Å². The molecular formula is C18H18F2N2O4. The number of halogens is 2. The highest BCUT2D eigenvalue weighted by atomic mass is 19.1. The molecule has 0 radical (unpaired) electrons. The molecule has 2 rings (SSSR count). The summed E-state index contributed by atoms with van der Waals surface area (Å²) in [6.07, 6.45) is 0. The minimum atomic E-state index is -1.18. The van der Waals surface area contributed by atoms with Crippen molar-refractivity contribution in [3.05, 3.63) is 52.1 Å². The summed E-state index contributed by atoms with van der Waals surface area (Å²) in [5.74, 6) is -4.24. The summed E-state index contributed by atoms with van der Waals surface area (Å²) < 4.78 is 43.8. The summed E-state index contributed by atoms with van der Waals surface area (Å²) in [7, 11) is 0. The van der Waals surface area contributed by atoms with Crippen molar-refractivity contribution in [2.24, 2.45) is 5.73 Å². The van der Waals surface area contributed by atoms with Gasteiger partial charge in [0.15, 0.2) is 11.6 Å². The molecule has 0 amide bonds. The molecule has 1 atom stereocenters. The monoisotopic (exact) mass is 364 g/mol. The number of benzene rings is 1. The summed E-state index contributed by atoms with van der Waals surface area (Å²) in [5, 5.41) is 9.50. The van der Waals surface area contributed by atoms with Crippen LogP contribution in [0.25, 0.3) is 0 Å². The van der Waals surface area contributed by atoms with Gasteiger partial charge in [-0.15, -0.1) is 0 Å². The maximum absolute atomic E-state index is 14.3. The first kappa shape index (κ1) is 19.2. The Morgan fingerprint density at radius 2 is 2.04 bits per heavy atom. The SMILES string of the molecule is CCOC(=O)C1=C(C)OC(N)=C(C#N)C1c1cc(F)cc(F)c1OCC. The van der Waals surface area contributed by atoms with E-state index in [4.69, 9.17) is 19.9 Å². The number of rotatable bonds is 5. The molecule has 0 fully saturated rings. The Morgan fingerprint density at radius 3 is 2.62 bits per heavy atom.